The highest BCUT2D eigenvalue weighted by Gasteiger charge is 2.46. The van der Waals surface area contributed by atoms with Crippen LogP contribution < -0.4 is 21.1 Å². The number of aromatic nitrogens is 3. The molecular weight excluding hydrogens is 647 g/mol. The normalized spacial score (nSPS) is 21.7. The molecule has 3 aliphatic rings. The number of aryl methyl sites for hydroxylation is 1. The van der Waals surface area contributed by atoms with E-state index in [0.717, 1.165) is 73.2 Å². The van der Waals surface area contributed by atoms with Crippen molar-refractivity contribution in [1.29, 1.82) is 0 Å². The SMILES string of the molecule is CCn1c(C(=O)NCc2ccc(Cl)c(Cc3nc4cc(C(=O)NC5CCC(C)CC5)c(N5CC6CC6C5)cc4n3C)c2Cl)cccc1=O. The lowest BCUT2D eigenvalue weighted by Crippen LogP contribution is -2.38. The van der Waals surface area contributed by atoms with E-state index in [1.807, 2.05) is 20.0 Å². The van der Waals surface area contributed by atoms with Gasteiger partial charge in [0, 0.05) is 56.8 Å². The molecule has 2 N–H and O–H groups in total. The van der Waals surface area contributed by atoms with Gasteiger partial charge >= 0.3 is 0 Å². The number of rotatable bonds is 9. The number of piperidine rings is 1. The van der Waals surface area contributed by atoms with E-state index >= 15 is 0 Å². The summed E-state index contributed by atoms with van der Waals surface area (Å²) < 4.78 is 3.49. The second-order valence-corrected chi connectivity index (χ2v) is 14.7. The summed E-state index contributed by atoms with van der Waals surface area (Å²) in [6.45, 7) is 6.63. The van der Waals surface area contributed by atoms with Crippen molar-refractivity contribution >= 4 is 51.7 Å². The van der Waals surface area contributed by atoms with Crippen LogP contribution in [0.3, 0.4) is 0 Å². The Balaban J connectivity index is 1.15. The van der Waals surface area contributed by atoms with E-state index in [1.54, 1.807) is 24.3 Å². The molecule has 48 heavy (non-hydrogen) atoms. The molecule has 1 aliphatic heterocycles. The van der Waals surface area contributed by atoms with Crippen molar-refractivity contribution in [3.05, 3.63) is 91.1 Å². The van der Waals surface area contributed by atoms with Gasteiger partial charge in [-0.15, -0.1) is 0 Å². The van der Waals surface area contributed by atoms with Gasteiger partial charge in [0.15, 0.2) is 0 Å². The van der Waals surface area contributed by atoms with Gasteiger partial charge in [0.05, 0.1) is 27.3 Å². The van der Waals surface area contributed by atoms with Crippen molar-refractivity contribution in [2.24, 2.45) is 24.8 Å². The predicted molar refractivity (Wildman–Crippen MR) is 190 cm³/mol. The van der Waals surface area contributed by atoms with Crippen LogP contribution in [0.25, 0.3) is 11.0 Å². The minimum atomic E-state index is -0.360. The molecule has 2 aromatic heterocycles. The topological polar surface area (TPSA) is 101 Å². The highest BCUT2D eigenvalue weighted by molar-refractivity contribution is 6.36. The monoisotopic (exact) mass is 688 g/mol. The van der Waals surface area contributed by atoms with Gasteiger partial charge in [0.1, 0.15) is 11.5 Å². The Bertz CT molecular complexity index is 1950. The van der Waals surface area contributed by atoms with E-state index in [9.17, 15) is 14.4 Å². The number of halogens is 2. The highest BCUT2D eigenvalue weighted by atomic mass is 35.5. The summed E-state index contributed by atoms with van der Waals surface area (Å²) >= 11 is 13.6. The number of pyridine rings is 1. The first-order valence-electron chi connectivity index (χ1n) is 17.1. The van der Waals surface area contributed by atoms with E-state index in [1.165, 1.54) is 17.1 Å². The third kappa shape index (κ3) is 6.34. The lowest BCUT2D eigenvalue weighted by molar-refractivity contribution is 0.0920. The lowest BCUT2D eigenvalue weighted by atomic mass is 9.87. The fourth-order valence-electron chi connectivity index (χ4n) is 7.55. The van der Waals surface area contributed by atoms with Crippen LogP contribution in [0.4, 0.5) is 5.69 Å². The zero-order valence-corrected chi connectivity index (χ0v) is 29.2. The van der Waals surface area contributed by atoms with Gasteiger partial charge in [-0.2, -0.15) is 0 Å². The quantitative estimate of drug-likeness (QED) is 0.214. The second-order valence-electron chi connectivity index (χ2n) is 13.9. The van der Waals surface area contributed by atoms with Gasteiger partial charge in [-0.25, -0.2) is 4.98 Å². The van der Waals surface area contributed by atoms with E-state index in [0.29, 0.717) is 51.3 Å². The molecule has 2 atom stereocenters. The number of amides is 2. The Hall–Kier alpha value is -3.82. The zero-order chi connectivity index (χ0) is 33.7. The first-order valence-corrected chi connectivity index (χ1v) is 17.9. The molecular formula is C37H42Cl2N6O3. The molecule has 2 unspecified atom stereocenters. The lowest BCUT2D eigenvalue weighted by Gasteiger charge is -2.28. The molecule has 0 bridgehead atoms. The summed E-state index contributed by atoms with van der Waals surface area (Å²) in [6.07, 6.45) is 5.97. The molecule has 252 valence electrons. The summed E-state index contributed by atoms with van der Waals surface area (Å²) in [5, 5.41) is 7.20. The summed E-state index contributed by atoms with van der Waals surface area (Å²) in [7, 11) is 1.98. The fourth-order valence-corrected chi connectivity index (χ4v) is 8.13. The van der Waals surface area contributed by atoms with Crippen LogP contribution in [-0.4, -0.2) is 45.1 Å². The zero-order valence-electron chi connectivity index (χ0n) is 27.7. The van der Waals surface area contributed by atoms with Crippen LogP contribution in [0.15, 0.2) is 47.3 Å². The minimum Gasteiger partial charge on any atom is -0.370 e. The van der Waals surface area contributed by atoms with Crippen molar-refractivity contribution in [1.82, 2.24) is 24.8 Å². The van der Waals surface area contributed by atoms with Crippen LogP contribution in [0, 0.1) is 17.8 Å². The third-order valence-corrected chi connectivity index (χ3v) is 11.5. The number of anilines is 1. The Morgan fingerprint density at radius 3 is 2.48 bits per heavy atom. The maximum atomic E-state index is 13.8. The molecule has 0 spiro atoms. The Morgan fingerprint density at radius 1 is 1.00 bits per heavy atom. The molecule has 2 aromatic carbocycles. The highest BCUT2D eigenvalue weighted by Crippen LogP contribution is 2.47. The van der Waals surface area contributed by atoms with Gasteiger partial charge in [-0.1, -0.05) is 42.3 Å². The van der Waals surface area contributed by atoms with E-state index in [2.05, 4.69) is 33.1 Å². The van der Waals surface area contributed by atoms with Crippen molar-refractivity contribution in [2.45, 2.75) is 71.5 Å². The Kier molecular flexibility index (Phi) is 9.02. The average Bonchev–Trinajstić information content (AvgIpc) is 3.56. The number of hydrogen-bond acceptors (Lipinski definition) is 5. The first kappa shape index (κ1) is 32.7. The van der Waals surface area contributed by atoms with Gasteiger partial charge in [0.25, 0.3) is 17.4 Å². The van der Waals surface area contributed by atoms with Crippen LogP contribution in [0.5, 0.6) is 0 Å². The molecule has 9 nitrogen and oxygen atoms in total. The molecule has 7 rings (SSSR count). The summed E-state index contributed by atoms with van der Waals surface area (Å²) in [5.41, 5.74) is 4.84. The molecule has 11 heteroatoms. The molecule has 2 saturated carbocycles. The minimum absolute atomic E-state index is 0.0218. The Morgan fingerprint density at radius 2 is 1.75 bits per heavy atom. The number of nitrogens with zero attached hydrogens (tertiary/aromatic N) is 4. The number of benzene rings is 2. The molecule has 0 radical (unpaired) electrons. The molecule has 3 heterocycles. The van der Waals surface area contributed by atoms with Crippen molar-refractivity contribution < 1.29 is 9.59 Å². The number of carbonyl (C=O) groups is 2. The molecule has 1 saturated heterocycles. The van der Waals surface area contributed by atoms with Gasteiger partial charge < -0.3 is 24.7 Å². The van der Waals surface area contributed by atoms with Crippen molar-refractivity contribution in [3.63, 3.8) is 0 Å². The second kappa shape index (κ2) is 13.2. The van der Waals surface area contributed by atoms with Gasteiger partial charge in [-0.3, -0.25) is 14.4 Å². The largest absolute Gasteiger partial charge is 0.370 e. The number of nitrogens with one attached hydrogen (secondary N) is 2. The smallest absolute Gasteiger partial charge is 0.268 e. The number of imidazole rings is 1. The molecule has 3 fully saturated rings. The standard InChI is InChI=1S/C37H42Cl2N6O3/c1-4-45-30(6-5-7-34(45)46)37(48)40-18-22-10-13-28(38)26(35(22)39)16-33-42-29-15-27(36(47)41-25-11-8-21(2)9-12-25)31(17-32(29)43(33)3)44-19-23-14-24(23)20-44/h5-7,10,13,15,17,21,23-25H,4,8-9,11-12,14,16,18-20H2,1-3H3,(H,40,48)(H,41,47). The van der Waals surface area contributed by atoms with E-state index in [-0.39, 0.29) is 30.0 Å². The van der Waals surface area contributed by atoms with Gasteiger partial charge in [-0.05, 0) is 92.2 Å². The third-order valence-electron chi connectivity index (χ3n) is 10.6. The molecule has 2 amide bonds. The Labute approximate surface area is 290 Å². The number of hydrogen-bond donors (Lipinski definition) is 2. The summed E-state index contributed by atoms with van der Waals surface area (Å²) in [4.78, 5) is 46.4. The summed E-state index contributed by atoms with van der Waals surface area (Å²) in [5.74, 6) is 2.55. The average molecular weight is 690 g/mol. The maximum absolute atomic E-state index is 13.8. The van der Waals surface area contributed by atoms with Crippen LogP contribution in [-0.2, 0) is 26.6 Å². The van der Waals surface area contributed by atoms with Gasteiger partial charge in [0.2, 0.25) is 0 Å². The molecule has 4 aromatic rings. The fraction of sp³-hybridized carbons (Fsp3) is 0.459. The number of fused-ring (bicyclic) bond motifs is 2. The predicted octanol–water partition coefficient (Wildman–Crippen LogP) is 6.35. The van der Waals surface area contributed by atoms with Crippen molar-refractivity contribution in [2.75, 3.05) is 18.0 Å². The van der Waals surface area contributed by atoms with Crippen LogP contribution in [0.1, 0.15) is 83.7 Å². The van der Waals surface area contributed by atoms with Crippen LogP contribution in [0.2, 0.25) is 10.0 Å². The van der Waals surface area contributed by atoms with E-state index < -0.39 is 0 Å². The van der Waals surface area contributed by atoms with Crippen molar-refractivity contribution in [3.8, 4) is 0 Å². The maximum Gasteiger partial charge on any atom is 0.268 e. The molecule has 2 aliphatic carbocycles. The van der Waals surface area contributed by atoms with E-state index in [4.69, 9.17) is 28.2 Å². The first-order chi connectivity index (χ1) is 23.1. The summed E-state index contributed by atoms with van der Waals surface area (Å²) in [6, 6.07) is 12.5. The number of carbonyl (C=O) groups excluding carboxylic acids is 2. The van der Waals surface area contributed by atoms with Crippen LogP contribution >= 0.6 is 23.2 Å².